The minimum Gasteiger partial charge on any atom is -0.335 e. The van der Waals surface area contributed by atoms with Gasteiger partial charge in [0.25, 0.3) is 5.91 Å². The number of sulfonamides is 1. The zero-order chi connectivity index (χ0) is 21.2. The van der Waals surface area contributed by atoms with Crippen LogP contribution < -0.4 is 4.72 Å². The maximum Gasteiger partial charge on any atom is 0.257 e. The first-order chi connectivity index (χ1) is 13.7. The number of nitrogens with zero attached hydrogens (tertiary/aromatic N) is 1. The van der Waals surface area contributed by atoms with E-state index in [1.807, 2.05) is 31.2 Å². The van der Waals surface area contributed by atoms with E-state index in [1.165, 1.54) is 11.6 Å². The van der Waals surface area contributed by atoms with Gasteiger partial charge in [-0.2, -0.15) is 0 Å². The number of hydrogen-bond acceptors (Lipinski definition) is 3. The van der Waals surface area contributed by atoms with Gasteiger partial charge in [0.15, 0.2) is 0 Å². The Bertz CT molecular complexity index is 988. The Labute approximate surface area is 172 Å². The molecular formula is C22H27FN2O3S. The summed E-state index contributed by atoms with van der Waals surface area (Å²) in [5, 5.41) is 0. The first-order valence-corrected chi connectivity index (χ1v) is 11.3. The van der Waals surface area contributed by atoms with Crippen LogP contribution in [0.4, 0.5) is 4.39 Å². The van der Waals surface area contributed by atoms with Gasteiger partial charge in [0, 0.05) is 18.6 Å². The Morgan fingerprint density at radius 3 is 2.55 bits per heavy atom. The Balaban J connectivity index is 1.85. The van der Waals surface area contributed by atoms with Gasteiger partial charge in [0.2, 0.25) is 10.0 Å². The molecule has 1 amide bonds. The second-order valence-electron chi connectivity index (χ2n) is 7.90. The van der Waals surface area contributed by atoms with Crippen LogP contribution in [0.2, 0.25) is 0 Å². The summed E-state index contributed by atoms with van der Waals surface area (Å²) in [7, 11) is -3.81. The van der Waals surface area contributed by atoms with Crippen molar-refractivity contribution in [3.8, 4) is 0 Å². The molecule has 1 saturated heterocycles. The predicted molar refractivity (Wildman–Crippen MR) is 111 cm³/mol. The molecule has 0 spiro atoms. The lowest BCUT2D eigenvalue weighted by Crippen LogP contribution is -2.37. The number of aryl methyl sites for hydroxylation is 1. The number of carbonyl (C=O) groups excluding carboxylic acids is 1. The van der Waals surface area contributed by atoms with Gasteiger partial charge >= 0.3 is 0 Å². The van der Waals surface area contributed by atoms with Gasteiger partial charge in [-0.05, 0) is 63.8 Å². The van der Waals surface area contributed by atoms with E-state index in [4.69, 9.17) is 0 Å². The molecule has 156 valence electrons. The third-order valence-corrected chi connectivity index (χ3v) is 6.76. The summed E-state index contributed by atoms with van der Waals surface area (Å²) in [5.74, 6) is -1.17. The Hall–Kier alpha value is -2.25. The molecule has 1 fully saturated rings. The van der Waals surface area contributed by atoms with Crippen LogP contribution in [0.5, 0.6) is 0 Å². The van der Waals surface area contributed by atoms with E-state index in [9.17, 15) is 17.6 Å². The van der Waals surface area contributed by atoms with Crippen molar-refractivity contribution in [1.82, 2.24) is 9.62 Å². The Morgan fingerprint density at radius 1 is 1.21 bits per heavy atom. The minimum atomic E-state index is -3.81. The van der Waals surface area contributed by atoms with Gasteiger partial charge in [0.05, 0.1) is 10.5 Å². The molecule has 0 aromatic heterocycles. The summed E-state index contributed by atoms with van der Waals surface area (Å²) in [5.41, 5.74) is 2.09. The molecular weight excluding hydrogens is 391 g/mol. The molecule has 0 aliphatic carbocycles. The standard InChI is InChI=1S/C22H27FN2O3S/c1-15(2)24-29(27,28)19-10-11-21(23)20(14-19)22(26)25-12-4-5-18(25)13-17-8-6-16(3)7-9-17/h6-11,14-15,18,24H,4-5,12-13H2,1-3H3. The molecule has 2 aromatic carbocycles. The second kappa shape index (κ2) is 8.63. The van der Waals surface area contributed by atoms with Crippen molar-refractivity contribution in [2.45, 2.75) is 57.0 Å². The number of likely N-dealkylation sites (tertiary alicyclic amines) is 1. The van der Waals surface area contributed by atoms with Crippen LogP contribution in [0.25, 0.3) is 0 Å². The lowest BCUT2D eigenvalue weighted by molar-refractivity contribution is 0.0731. The van der Waals surface area contributed by atoms with Gasteiger partial charge in [-0.15, -0.1) is 0 Å². The number of nitrogens with one attached hydrogen (secondary N) is 1. The second-order valence-corrected chi connectivity index (χ2v) is 9.62. The SMILES string of the molecule is Cc1ccc(CC2CCCN2C(=O)c2cc(S(=O)(=O)NC(C)C)ccc2F)cc1. The number of hydrogen-bond donors (Lipinski definition) is 1. The van der Waals surface area contributed by atoms with Crippen molar-refractivity contribution in [3.05, 3.63) is 65.0 Å². The highest BCUT2D eigenvalue weighted by atomic mass is 32.2. The van der Waals surface area contributed by atoms with E-state index in [0.29, 0.717) is 13.0 Å². The third kappa shape index (κ3) is 5.03. The van der Waals surface area contributed by atoms with Gasteiger partial charge in [0.1, 0.15) is 5.82 Å². The smallest absolute Gasteiger partial charge is 0.257 e. The molecule has 5 nitrogen and oxygen atoms in total. The fourth-order valence-electron chi connectivity index (χ4n) is 3.68. The molecule has 0 bridgehead atoms. The maximum absolute atomic E-state index is 14.5. The molecule has 1 heterocycles. The summed E-state index contributed by atoms with van der Waals surface area (Å²) in [6, 6.07) is 11.2. The fourth-order valence-corrected chi connectivity index (χ4v) is 4.96. The number of benzene rings is 2. The molecule has 0 radical (unpaired) electrons. The lowest BCUT2D eigenvalue weighted by Gasteiger charge is -2.25. The van der Waals surface area contributed by atoms with E-state index in [0.717, 1.165) is 30.5 Å². The normalized spacial score (nSPS) is 17.1. The highest BCUT2D eigenvalue weighted by molar-refractivity contribution is 7.89. The molecule has 1 aliphatic heterocycles. The topological polar surface area (TPSA) is 66.5 Å². The average Bonchev–Trinajstić information content (AvgIpc) is 3.10. The molecule has 0 saturated carbocycles. The molecule has 7 heteroatoms. The summed E-state index contributed by atoms with van der Waals surface area (Å²) >= 11 is 0. The van der Waals surface area contributed by atoms with E-state index in [2.05, 4.69) is 4.72 Å². The summed E-state index contributed by atoms with van der Waals surface area (Å²) in [6.07, 6.45) is 2.38. The predicted octanol–water partition coefficient (Wildman–Crippen LogP) is 3.67. The van der Waals surface area contributed by atoms with Crippen molar-refractivity contribution in [1.29, 1.82) is 0 Å². The number of amides is 1. The molecule has 2 aromatic rings. The van der Waals surface area contributed by atoms with Gasteiger partial charge in [-0.1, -0.05) is 29.8 Å². The van der Waals surface area contributed by atoms with Gasteiger partial charge < -0.3 is 4.90 Å². The maximum atomic E-state index is 14.5. The minimum absolute atomic E-state index is 0.0290. The van der Waals surface area contributed by atoms with E-state index < -0.39 is 21.7 Å². The highest BCUT2D eigenvalue weighted by Gasteiger charge is 2.31. The summed E-state index contributed by atoms with van der Waals surface area (Å²) < 4.78 is 41.8. The Morgan fingerprint density at radius 2 is 1.90 bits per heavy atom. The number of carbonyl (C=O) groups is 1. The van der Waals surface area contributed by atoms with Crippen LogP contribution in [0.1, 0.15) is 48.2 Å². The van der Waals surface area contributed by atoms with Crippen LogP contribution >= 0.6 is 0 Å². The zero-order valence-corrected chi connectivity index (χ0v) is 17.8. The van der Waals surface area contributed by atoms with Crippen molar-refractivity contribution in [2.75, 3.05) is 6.54 Å². The average molecular weight is 419 g/mol. The van der Waals surface area contributed by atoms with E-state index in [-0.39, 0.29) is 22.5 Å². The van der Waals surface area contributed by atoms with E-state index in [1.54, 1.807) is 18.7 Å². The lowest BCUT2D eigenvalue weighted by atomic mass is 10.0. The first kappa shape index (κ1) is 21.5. The summed E-state index contributed by atoms with van der Waals surface area (Å²) in [6.45, 7) is 5.96. The van der Waals surface area contributed by atoms with Crippen molar-refractivity contribution in [3.63, 3.8) is 0 Å². The zero-order valence-electron chi connectivity index (χ0n) is 17.0. The third-order valence-electron chi connectivity index (χ3n) is 5.10. The van der Waals surface area contributed by atoms with Crippen LogP contribution in [0, 0.1) is 12.7 Å². The molecule has 1 unspecified atom stereocenters. The quantitative estimate of drug-likeness (QED) is 0.778. The molecule has 1 aliphatic rings. The molecule has 29 heavy (non-hydrogen) atoms. The van der Waals surface area contributed by atoms with Crippen molar-refractivity contribution >= 4 is 15.9 Å². The van der Waals surface area contributed by atoms with E-state index >= 15 is 0 Å². The fraction of sp³-hybridized carbons (Fsp3) is 0.409. The highest BCUT2D eigenvalue weighted by Crippen LogP contribution is 2.25. The van der Waals surface area contributed by atoms with Crippen LogP contribution in [-0.4, -0.2) is 37.9 Å². The van der Waals surface area contributed by atoms with Crippen LogP contribution in [0.15, 0.2) is 47.4 Å². The number of halogens is 1. The molecule has 1 atom stereocenters. The van der Waals surface area contributed by atoms with Crippen LogP contribution in [-0.2, 0) is 16.4 Å². The molecule has 3 rings (SSSR count). The summed E-state index contributed by atoms with van der Waals surface area (Å²) in [4.78, 5) is 14.7. The monoisotopic (exact) mass is 418 g/mol. The van der Waals surface area contributed by atoms with Gasteiger partial charge in [-0.3, -0.25) is 4.79 Å². The van der Waals surface area contributed by atoms with Crippen molar-refractivity contribution < 1.29 is 17.6 Å². The van der Waals surface area contributed by atoms with Gasteiger partial charge in [-0.25, -0.2) is 17.5 Å². The molecule has 1 N–H and O–H groups in total. The van der Waals surface area contributed by atoms with Crippen LogP contribution in [0.3, 0.4) is 0 Å². The largest absolute Gasteiger partial charge is 0.335 e. The van der Waals surface area contributed by atoms with Crippen molar-refractivity contribution in [2.24, 2.45) is 0 Å². The first-order valence-electron chi connectivity index (χ1n) is 9.86. The Kier molecular flexibility index (Phi) is 6.39. The number of rotatable bonds is 6.